The topological polar surface area (TPSA) is 58.6 Å². The van der Waals surface area contributed by atoms with E-state index < -0.39 is 6.09 Å². The second-order valence-electron chi connectivity index (χ2n) is 4.80. The summed E-state index contributed by atoms with van der Waals surface area (Å²) in [6, 6.07) is 14.1. The van der Waals surface area contributed by atoms with E-state index in [1.165, 1.54) is 11.1 Å². The van der Waals surface area contributed by atoms with E-state index in [4.69, 9.17) is 9.84 Å². The zero-order chi connectivity index (χ0) is 13.9. The second kappa shape index (κ2) is 5.35. The molecule has 1 aliphatic rings. The van der Waals surface area contributed by atoms with Crippen molar-refractivity contribution in [3.8, 4) is 11.1 Å². The first-order valence-electron chi connectivity index (χ1n) is 6.48. The Morgan fingerprint density at radius 1 is 1.20 bits per heavy atom. The van der Waals surface area contributed by atoms with E-state index in [0.29, 0.717) is 19.8 Å². The van der Waals surface area contributed by atoms with Gasteiger partial charge in [-0.25, -0.2) is 4.79 Å². The van der Waals surface area contributed by atoms with Crippen LogP contribution in [0.25, 0.3) is 11.1 Å². The van der Waals surface area contributed by atoms with Crippen molar-refractivity contribution in [2.75, 3.05) is 0 Å². The molecule has 4 nitrogen and oxygen atoms in total. The van der Waals surface area contributed by atoms with Crippen LogP contribution < -0.4 is 5.32 Å². The molecular formula is C16H15NO3. The van der Waals surface area contributed by atoms with Crippen LogP contribution in [-0.4, -0.2) is 11.2 Å². The summed E-state index contributed by atoms with van der Waals surface area (Å²) < 4.78 is 5.50. The molecule has 0 atom stereocenters. The van der Waals surface area contributed by atoms with Crippen molar-refractivity contribution in [1.82, 2.24) is 5.32 Å². The molecule has 0 fully saturated rings. The third-order valence-electron chi connectivity index (χ3n) is 3.46. The van der Waals surface area contributed by atoms with Crippen LogP contribution in [0, 0.1) is 0 Å². The first-order chi connectivity index (χ1) is 9.74. The maximum Gasteiger partial charge on any atom is 0.404 e. The molecule has 0 spiro atoms. The van der Waals surface area contributed by atoms with E-state index in [-0.39, 0.29) is 0 Å². The molecule has 102 valence electrons. The van der Waals surface area contributed by atoms with Crippen molar-refractivity contribution in [2.24, 2.45) is 0 Å². The standard InChI is InChI=1S/C16H15NO3/c18-16(19)17-8-11-3-1-4-12(7-11)14-6-2-5-13-9-20-10-15(13)14/h1-7,17H,8-10H2,(H,18,19). The molecule has 2 N–H and O–H groups in total. The number of carboxylic acid groups (broad SMARTS) is 1. The normalized spacial score (nSPS) is 13.0. The predicted octanol–water partition coefficient (Wildman–Crippen LogP) is 3.15. The van der Waals surface area contributed by atoms with Gasteiger partial charge in [0.2, 0.25) is 0 Å². The maximum atomic E-state index is 10.6. The molecule has 0 saturated carbocycles. The molecule has 0 aliphatic carbocycles. The summed E-state index contributed by atoms with van der Waals surface area (Å²) >= 11 is 0. The molecule has 2 aromatic rings. The molecule has 4 heteroatoms. The summed E-state index contributed by atoms with van der Waals surface area (Å²) in [6.07, 6.45) is -1.01. The number of amides is 1. The van der Waals surface area contributed by atoms with Crippen molar-refractivity contribution in [3.63, 3.8) is 0 Å². The van der Waals surface area contributed by atoms with E-state index in [0.717, 1.165) is 16.7 Å². The molecular weight excluding hydrogens is 254 g/mol. The highest BCUT2D eigenvalue weighted by Gasteiger charge is 2.15. The largest absolute Gasteiger partial charge is 0.465 e. The lowest BCUT2D eigenvalue weighted by atomic mass is 9.96. The third-order valence-corrected chi connectivity index (χ3v) is 3.46. The number of benzene rings is 2. The SMILES string of the molecule is O=C(O)NCc1cccc(-c2cccc3c2COC3)c1. The van der Waals surface area contributed by atoms with Crippen LogP contribution in [-0.2, 0) is 24.5 Å². The number of carbonyl (C=O) groups is 1. The smallest absolute Gasteiger partial charge is 0.404 e. The molecule has 0 radical (unpaired) electrons. The van der Waals surface area contributed by atoms with E-state index >= 15 is 0 Å². The molecule has 3 rings (SSSR count). The fourth-order valence-corrected chi connectivity index (χ4v) is 2.50. The van der Waals surface area contributed by atoms with Crippen LogP contribution in [0.5, 0.6) is 0 Å². The van der Waals surface area contributed by atoms with E-state index in [9.17, 15) is 4.79 Å². The van der Waals surface area contributed by atoms with Gasteiger partial charge in [-0.05, 0) is 33.9 Å². The van der Waals surface area contributed by atoms with Gasteiger partial charge in [0.15, 0.2) is 0 Å². The average molecular weight is 269 g/mol. The van der Waals surface area contributed by atoms with Crippen LogP contribution >= 0.6 is 0 Å². The minimum absolute atomic E-state index is 0.314. The molecule has 0 saturated heterocycles. The molecule has 1 aliphatic heterocycles. The first kappa shape index (κ1) is 12.7. The number of ether oxygens (including phenoxy) is 1. The molecule has 0 bridgehead atoms. The van der Waals surface area contributed by atoms with Gasteiger partial charge in [0.05, 0.1) is 13.2 Å². The Morgan fingerprint density at radius 2 is 2.05 bits per heavy atom. The summed E-state index contributed by atoms with van der Waals surface area (Å²) in [5.41, 5.74) is 5.67. The van der Waals surface area contributed by atoms with Gasteiger partial charge in [0.25, 0.3) is 0 Å². The first-order valence-corrected chi connectivity index (χ1v) is 6.48. The number of rotatable bonds is 3. The van der Waals surface area contributed by atoms with Gasteiger partial charge >= 0.3 is 6.09 Å². The van der Waals surface area contributed by atoms with Gasteiger partial charge in [-0.2, -0.15) is 0 Å². The van der Waals surface area contributed by atoms with Crippen molar-refractivity contribution in [3.05, 3.63) is 59.2 Å². The molecule has 2 aromatic carbocycles. The summed E-state index contributed by atoms with van der Waals surface area (Å²) in [5, 5.41) is 11.0. The quantitative estimate of drug-likeness (QED) is 0.899. The Bertz CT molecular complexity index is 652. The van der Waals surface area contributed by atoms with Crippen molar-refractivity contribution in [1.29, 1.82) is 0 Å². The summed E-state index contributed by atoms with van der Waals surface area (Å²) in [4.78, 5) is 10.6. The monoisotopic (exact) mass is 269 g/mol. The third kappa shape index (κ3) is 2.51. The number of hydrogen-bond donors (Lipinski definition) is 2. The van der Waals surface area contributed by atoms with Crippen LogP contribution in [0.15, 0.2) is 42.5 Å². The van der Waals surface area contributed by atoms with Gasteiger partial charge < -0.3 is 15.2 Å². The molecule has 20 heavy (non-hydrogen) atoms. The van der Waals surface area contributed by atoms with Crippen molar-refractivity contribution in [2.45, 2.75) is 19.8 Å². The lowest BCUT2D eigenvalue weighted by Crippen LogP contribution is -2.19. The average Bonchev–Trinajstić information content (AvgIpc) is 2.93. The van der Waals surface area contributed by atoms with Gasteiger partial charge in [-0.15, -0.1) is 0 Å². The highest BCUT2D eigenvalue weighted by Crippen LogP contribution is 2.31. The Morgan fingerprint density at radius 3 is 2.90 bits per heavy atom. The predicted molar refractivity (Wildman–Crippen MR) is 75.2 cm³/mol. The van der Waals surface area contributed by atoms with Gasteiger partial charge in [0.1, 0.15) is 0 Å². The van der Waals surface area contributed by atoms with Crippen LogP contribution in [0.4, 0.5) is 4.79 Å². The fourth-order valence-electron chi connectivity index (χ4n) is 2.50. The van der Waals surface area contributed by atoms with E-state index in [1.54, 1.807) is 0 Å². The number of fused-ring (bicyclic) bond motifs is 1. The maximum absolute atomic E-state index is 10.6. The molecule has 1 amide bonds. The lowest BCUT2D eigenvalue weighted by molar-refractivity contribution is 0.134. The van der Waals surface area contributed by atoms with Gasteiger partial charge in [-0.1, -0.05) is 36.4 Å². The fraction of sp³-hybridized carbons (Fsp3) is 0.188. The van der Waals surface area contributed by atoms with Crippen LogP contribution in [0.3, 0.4) is 0 Å². The van der Waals surface area contributed by atoms with Crippen LogP contribution in [0.1, 0.15) is 16.7 Å². The van der Waals surface area contributed by atoms with Gasteiger partial charge in [-0.3, -0.25) is 0 Å². The van der Waals surface area contributed by atoms with E-state index in [2.05, 4.69) is 17.4 Å². The summed E-state index contributed by atoms with van der Waals surface area (Å²) in [7, 11) is 0. The second-order valence-corrected chi connectivity index (χ2v) is 4.80. The van der Waals surface area contributed by atoms with Crippen LogP contribution in [0.2, 0.25) is 0 Å². The van der Waals surface area contributed by atoms with Crippen molar-refractivity contribution < 1.29 is 14.6 Å². The summed E-state index contributed by atoms with van der Waals surface area (Å²) in [5.74, 6) is 0. The minimum atomic E-state index is -1.01. The molecule has 0 unspecified atom stereocenters. The Labute approximate surface area is 117 Å². The molecule has 0 aromatic heterocycles. The Balaban J connectivity index is 1.93. The highest BCUT2D eigenvalue weighted by atomic mass is 16.5. The zero-order valence-electron chi connectivity index (χ0n) is 10.9. The number of nitrogens with one attached hydrogen (secondary N) is 1. The summed E-state index contributed by atoms with van der Waals surface area (Å²) in [6.45, 7) is 1.63. The zero-order valence-corrected chi connectivity index (χ0v) is 10.9. The van der Waals surface area contributed by atoms with Crippen molar-refractivity contribution >= 4 is 6.09 Å². The van der Waals surface area contributed by atoms with E-state index in [1.807, 2.05) is 30.3 Å². The minimum Gasteiger partial charge on any atom is -0.465 e. The highest BCUT2D eigenvalue weighted by molar-refractivity contribution is 5.70. The van der Waals surface area contributed by atoms with Gasteiger partial charge in [0, 0.05) is 6.54 Å². The number of hydrogen-bond acceptors (Lipinski definition) is 2. The Hall–Kier alpha value is -2.33. The lowest BCUT2D eigenvalue weighted by Gasteiger charge is -2.09. The molecule has 1 heterocycles. The Kier molecular flexibility index (Phi) is 3.39.